The van der Waals surface area contributed by atoms with Crippen molar-refractivity contribution in [3.63, 3.8) is 0 Å². The number of hydrogen-bond acceptors (Lipinski definition) is 3. The summed E-state index contributed by atoms with van der Waals surface area (Å²) in [6.45, 7) is 2.93. The summed E-state index contributed by atoms with van der Waals surface area (Å²) in [5, 5.41) is 0. The van der Waals surface area contributed by atoms with Crippen LogP contribution in [0, 0.1) is 0 Å². The van der Waals surface area contributed by atoms with Crippen LogP contribution in [0.1, 0.15) is 16.0 Å². The molecule has 3 rings (SSSR count). The minimum absolute atomic E-state index is 0.826. The van der Waals surface area contributed by atoms with Crippen LogP contribution in [0.5, 0.6) is 0 Å². The van der Waals surface area contributed by atoms with Crippen molar-refractivity contribution in [1.29, 1.82) is 0 Å². The molecular weight excluding hydrogens is 344 g/mol. The van der Waals surface area contributed by atoms with E-state index in [4.69, 9.17) is 17.3 Å². The van der Waals surface area contributed by atoms with Gasteiger partial charge in [-0.05, 0) is 45.6 Å². The average Bonchev–Trinajstić information content (AvgIpc) is 2.69. The third-order valence-corrected chi connectivity index (χ3v) is 5.92. The Hall–Kier alpha value is -0.550. The van der Waals surface area contributed by atoms with Gasteiger partial charge in [0.15, 0.2) is 0 Å². The van der Waals surface area contributed by atoms with Crippen molar-refractivity contribution in [2.24, 2.45) is 0 Å². The van der Waals surface area contributed by atoms with E-state index in [1.54, 1.807) is 11.3 Å². The molecule has 1 aliphatic heterocycles. The molecule has 1 aromatic carbocycles. The summed E-state index contributed by atoms with van der Waals surface area (Å²) in [5.74, 6) is 0. The van der Waals surface area contributed by atoms with Gasteiger partial charge in [-0.15, -0.1) is 11.3 Å². The van der Waals surface area contributed by atoms with Gasteiger partial charge in [-0.1, -0.05) is 23.7 Å². The lowest BCUT2D eigenvalue weighted by atomic mass is 9.98. The second-order valence-corrected chi connectivity index (χ2v) is 7.37. The summed E-state index contributed by atoms with van der Waals surface area (Å²) in [5.41, 5.74) is 9.66. The molecule has 2 nitrogen and oxygen atoms in total. The zero-order valence-corrected chi connectivity index (χ0v) is 13.5. The van der Waals surface area contributed by atoms with Gasteiger partial charge in [0.05, 0.1) is 0 Å². The molecule has 1 aromatic heterocycles. The molecule has 0 saturated heterocycles. The Morgan fingerprint density at radius 3 is 3.00 bits per heavy atom. The van der Waals surface area contributed by atoms with Gasteiger partial charge in [0.2, 0.25) is 0 Å². The molecule has 0 radical (unpaired) electrons. The molecule has 2 aromatic rings. The van der Waals surface area contributed by atoms with Crippen LogP contribution in [0.2, 0.25) is 4.34 Å². The Kier molecular flexibility index (Phi) is 3.85. The van der Waals surface area contributed by atoms with Crippen molar-refractivity contribution in [3.05, 3.63) is 49.1 Å². The SMILES string of the molecule is Nc1cccc2c1CN(Cc1cc(Br)c(Cl)s1)CC2. The molecule has 100 valence electrons. The first kappa shape index (κ1) is 13.4. The molecule has 0 amide bonds. The Balaban J connectivity index is 1.77. The van der Waals surface area contributed by atoms with E-state index in [1.807, 2.05) is 12.1 Å². The van der Waals surface area contributed by atoms with Gasteiger partial charge in [0.1, 0.15) is 4.34 Å². The number of halogens is 2. The molecule has 0 spiro atoms. The highest BCUT2D eigenvalue weighted by Crippen LogP contribution is 2.33. The lowest BCUT2D eigenvalue weighted by Crippen LogP contribution is -2.30. The summed E-state index contributed by atoms with van der Waals surface area (Å²) in [6, 6.07) is 8.32. The predicted octanol–water partition coefficient (Wildman–Crippen LogP) is 4.30. The smallest absolute Gasteiger partial charge is 0.107 e. The van der Waals surface area contributed by atoms with E-state index in [1.165, 1.54) is 16.0 Å². The van der Waals surface area contributed by atoms with Crippen LogP contribution in [0.25, 0.3) is 0 Å². The monoisotopic (exact) mass is 356 g/mol. The van der Waals surface area contributed by atoms with Crippen molar-refractivity contribution in [1.82, 2.24) is 4.90 Å². The first-order chi connectivity index (χ1) is 9.13. The summed E-state index contributed by atoms with van der Waals surface area (Å²) in [7, 11) is 0. The van der Waals surface area contributed by atoms with Crippen LogP contribution in [-0.4, -0.2) is 11.4 Å². The largest absolute Gasteiger partial charge is 0.398 e. The highest BCUT2D eigenvalue weighted by Gasteiger charge is 2.19. The summed E-state index contributed by atoms with van der Waals surface area (Å²) in [6.07, 6.45) is 1.07. The summed E-state index contributed by atoms with van der Waals surface area (Å²) >= 11 is 11.2. The lowest BCUT2D eigenvalue weighted by molar-refractivity contribution is 0.248. The molecule has 5 heteroatoms. The number of nitrogens with two attached hydrogens (primary N) is 1. The maximum Gasteiger partial charge on any atom is 0.107 e. The van der Waals surface area contributed by atoms with E-state index in [9.17, 15) is 0 Å². The van der Waals surface area contributed by atoms with Gasteiger partial charge in [0.25, 0.3) is 0 Å². The Labute approximate surface area is 130 Å². The van der Waals surface area contributed by atoms with Gasteiger partial charge >= 0.3 is 0 Å². The fourth-order valence-corrected chi connectivity index (χ4v) is 4.32. The second kappa shape index (κ2) is 5.44. The quantitative estimate of drug-likeness (QED) is 0.812. The van der Waals surface area contributed by atoms with Crippen molar-refractivity contribution in [3.8, 4) is 0 Å². The van der Waals surface area contributed by atoms with Crippen molar-refractivity contribution in [2.75, 3.05) is 12.3 Å². The normalized spacial score (nSPS) is 15.5. The van der Waals surface area contributed by atoms with Crippen LogP contribution in [-0.2, 0) is 19.5 Å². The molecular formula is C14H14BrClN2S. The van der Waals surface area contributed by atoms with Crippen molar-refractivity contribution < 1.29 is 0 Å². The van der Waals surface area contributed by atoms with Gasteiger partial charge in [-0.2, -0.15) is 0 Å². The average molecular weight is 358 g/mol. The summed E-state index contributed by atoms with van der Waals surface area (Å²) in [4.78, 5) is 3.71. The van der Waals surface area contributed by atoms with E-state index in [0.29, 0.717) is 0 Å². The molecule has 2 heterocycles. The maximum absolute atomic E-state index is 6.09. The first-order valence-electron chi connectivity index (χ1n) is 6.16. The number of thiophene rings is 1. The van der Waals surface area contributed by atoms with E-state index in [2.05, 4.69) is 33.0 Å². The third-order valence-electron chi connectivity index (χ3n) is 3.46. The van der Waals surface area contributed by atoms with E-state index in [0.717, 1.165) is 40.6 Å². The topological polar surface area (TPSA) is 29.3 Å². The number of fused-ring (bicyclic) bond motifs is 1. The number of hydrogen-bond donors (Lipinski definition) is 1. The minimum Gasteiger partial charge on any atom is -0.398 e. The summed E-state index contributed by atoms with van der Waals surface area (Å²) < 4.78 is 1.82. The molecule has 2 N–H and O–H groups in total. The van der Waals surface area contributed by atoms with E-state index >= 15 is 0 Å². The zero-order chi connectivity index (χ0) is 13.4. The number of benzene rings is 1. The van der Waals surface area contributed by atoms with Gasteiger partial charge in [0, 0.05) is 34.7 Å². The first-order valence-corrected chi connectivity index (χ1v) is 8.14. The van der Waals surface area contributed by atoms with Crippen molar-refractivity contribution in [2.45, 2.75) is 19.5 Å². The molecule has 0 saturated carbocycles. The molecule has 0 unspecified atom stereocenters. The van der Waals surface area contributed by atoms with Crippen LogP contribution in [0.4, 0.5) is 5.69 Å². The van der Waals surface area contributed by atoms with Gasteiger partial charge in [-0.25, -0.2) is 0 Å². The number of nitrogen functional groups attached to an aromatic ring is 1. The third kappa shape index (κ3) is 2.82. The van der Waals surface area contributed by atoms with Crippen molar-refractivity contribution >= 4 is 44.6 Å². The Morgan fingerprint density at radius 1 is 1.42 bits per heavy atom. The Bertz CT molecular complexity index is 592. The molecule has 0 bridgehead atoms. The zero-order valence-electron chi connectivity index (χ0n) is 10.3. The van der Waals surface area contributed by atoms with E-state index < -0.39 is 0 Å². The Morgan fingerprint density at radius 2 is 2.26 bits per heavy atom. The number of nitrogens with zero attached hydrogens (tertiary/aromatic N) is 1. The predicted molar refractivity (Wildman–Crippen MR) is 85.7 cm³/mol. The maximum atomic E-state index is 6.09. The molecule has 19 heavy (non-hydrogen) atoms. The number of rotatable bonds is 2. The minimum atomic E-state index is 0.826. The molecule has 0 fully saturated rings. The fraction of sp³-hybridized carbons (Fsp3) is 0.286. The van der Waals surface area contributed by atoms with Gasteiger partial charge < -0.3 is 5.73 Å². The van der Waals surface area contributed by atoms with Gasteiger partial charge in [-0.3, -0.25) is 4.90 Å². The number of anilines is 1. The molecule has 0 atom stereocenters. The standard InChI is InChI=1S/C14H14BrClN2S/c15-12-6-10(19-14(12)16)7-18-5-4-9-2-1-3-13(17)11(9)8-18/h1-3,6H,4-5,7-8,17H2. The van der Waals surface area contributed by atoms with Crippen LogP contribution in [0.3, 0.4) is 0 Å². The molecule has 1 aliphatic rings. The van der Waals surface area contributed by atoms with Crippen LogP contribution in [0.15, 0.2) is 28.7 Å². The lowest BCUT2D eigenvalue weighted by Gasteiger charge is -2.29. The van der Waals surface area contributed by atoms with Crippen LogP contribution >= 0.6 is 38.9 Å². The molecule has 0 aliphatic carbocycles. The van der Waals surface area contributed by atoms with Crippen LogP contribution < -0.4 is 5.73 Å². The fourth-order valence-electron chi connectivity index (χ4n) is 2.49. The van der Waals surface area contributed by atoms with E-state index in [-0.39, 0.29) is 0 Å². The second-order valence-electron chi connectivity index (χ2n) is 4.78. The highest BCUT2D eigenvalue weighted by atomic mass is 79.9. The highest BCUT2D eigenvalue weighted by molar-refractivity contribution is 9.10.